The minimum atomic E-state index is -4.58. The summed E-state index contributed by atoms with van der Waals surface area (Å²) in [7, 11) is -4.58. The summed E-state index contributed by atoms with van der Waals surface area (Å²) in [5, 5.41) is 0. The summed E-state index contributed by atoms with van der Waals surface area (Å²) < 4.78 is 39.9. The van der Waals surface area contributed by atoms with Gasteiger partial charge in [0.2, 0.25) is 5.91 Å². The van der Waals surface area contributed by atoms with E-state index >= 15 is 0 Å². The number of carbonyl (C=O) groups excluding carboxylic acids is 2. The molecule has 2 unspecified atom stereocenters. The van der Waals surface area contributed by atoms with Crippen LogP contribution in [0, 0.1) is 5.92 Å². The molecule has 2 aliphatic heterocycles. The van der Waals surface area contributed by atoms with Crippen molar-refractivity contribution in [1.29, 1.82) is 0 Å². The third-order valence-corrected chi connectivity index (χ3v) is 5.33. The quantitative estimate of drug-likeness (QED) is 0.701. The number of halogens is 1. The molecule has 0 aliphatic carbocycles. The third kappa shape index (κ3) is 6.13. The van der Waals surface area contributed by atoms with Crippen LogP contribution in [0.5, 0.6) is 0 Å². The molecular weight excluding hydrogens is 351 g/mol. The van der Waals surface area contributed by atoms with Crippen LogP contribution >= 0.6 is 0 Å². The number of carbonyl (C=O) groups is 2. The van der Waals surface area contributed by atoms with Crippen LogP contribution in [0.1, 0.15) is 46.5 Å². The average Bonchev–Trinajstić information content (AvgIpc) is 2.65. The minimum absolute atomic E-state index is 0.0488. The van der Waals surface area contributed by atoms with E-state index in [4.69, 9.17) is 4.74 Å². The Balaban J connectivity index is 1.92. The lowest BCUT2D eigenvalue weighted by Gasteiger charge is -2.28. The molecule has 9 heteroatoms. The summed E-state index contributed by atoms with van der Waals surface area (Å²) in [6, 6.07) is -0.0488. The molecule has 2 saturated heterocycles. The van der Waals surface area contributed by atoms with E-state index in [0.717, 1.165) is 12.8 Å². The van der Waals surface area contributed by atoms with Gasteiger partial charge in [-0.05, 0) is 40.0 Å². The minimum Gasteiger partial charge on any atom is -0.444 e. The highest BCUT2D eigenvalue weighted by Crippen LogP contribution is 2.27. The van der Waals surface area contributed by atoms with E-state index in [9.17, 15) is 21.9 Å². The zero-order chi connectivity index (χ0) is 18.8. The van der Waals surface area contributed by atoms with Crippen molar-refractivity contribution in [2.45, 2.75) is 58.1 Å². The van der Waals surface area contributed by atoms with Crippen LogP contribution in [0.25, 0.3) is 0 Å². The number of likely N-dealkylation sites (tertiary alicyclic amines) is 2. The first kappa shape index (κ1) is 19.9. The van der Waals surface area contributed by atoms with Crippen molar-refractivity contribution in [2.24, 2.45) is 5.92 Å². The lowest BCUT2D eigenvalue weighted by Crippen LogP contribution is -2.39. The van der Waals surface area contributed by atoms with Crippen LogP contribution in [-0.2, 0) is 19.8 Å². The molecule has 0 aromatic heterocycles. The molecule has 0 N–H and O–H groups in total. The molecule has 0 spiro atoms. The van der Waals surface area contributed by atoms with Crippen LogP contribution in [0.4, 0.5) is 8.68 Å². The van der Waals surface area contributed by atoms with Gasteiger partial charge in [0.25, 0.3) is 0 Å². The molecule has 144 valence electrons. The van der Waals surface area contributed by atoms with E-state index in [1.54, 1.807) is 9.80 Å². The Labute approximate surface area is 148 Å². The maximum absolute atomic E-state index is 12.9. The SMILES string of the molecule is CC(C)(C)OC(=O)N1CCCC(N2CC(CS(=O)(=O)F)CC2=O)CC1. The van der Waals surface area contributed by atoms with E-state index in [-0.39, 0.29) is 31.0 Å². The predicted molar refractivity (Wildman–Crippen MR) is 90.2 cm³/mol. The van der Waals surface area contributed by atoms with E-state index in [1.165, 1.54) is 0 Å². The van der Waals surface area contributed by atoms with Crippen LogP contribution in [0.3, 0.4) is 0 Å². The molecule has 2 atom stereocenters. The van der Waals surface area contributed by atoms with Crippen molar-refractivity contribution >= 4 is 22.2 Å². The van der Waals surface area contributed by atoms with Gasteiger partial charge in [0.05, 0.1) is 5.75 Å². The Hall–Kier alpha value is -1.38. The Morgan fingerprint density at radius 3 is 2.56 bits per heavy atom. The van der Waals surface area contributed by atoms with E-state index in [1.807, 2.05) is 20.8 Å². The largest absolute Gasteiger partial charge is 0.444 e. The second kappa shape index (κ2) is 7.47. The Bertz CT molecular complexity index is 617. The number of rotatable bonds is 3. The molecule has 0 aromatic rings. The van der Waals surface area contributed by atoms with Crippen LogP contribution in [0.15, 0.2) is 0 Å². The molecule has 2 heterocycles. The molecule has 0 radical (unpaired) electrons. The molecule has 2 fully saturated rings. The molecule has 2 amide bonds. The van der Waals surface area contributed by atoms with Gasteiger partial charge in [-0.25, -0.2) is 4.79 Å². The zero-order valence-electron chi connectivity index (χ0n) is 15.0. The van der Waals surface area contributed by atoms with Crippen LogP contribution in [-0.4, -0.2) is 67.2 Å². The van der Waals surface area contributed by atoms with Crippen molar-refractivity contribution in [3.05, 3.63) is 0 Å². The van der Waals surface area contributed by atoms with Gasteiger partial charge in [0.15, 0.2) is 0 Å². The number of amides is 2. The fourth-order valence-electron chi connectivity index (χ4n) is 3.45. The molecule has 0 aromatic carbocycles. The maximum atomic E-state index is 12.9. The van der Waals surface area contributed by atoms with Gasteiger partial charge < -0.3 is 14.5 Å². The number of hydrogen-bond donors (Lipinski definition) is 0. The van der Waals surface area contributed by atoms with E-state index < -0.39 is 27.5 Å². The summed E-state index contributed by atoms with van der Waals surface area (Å²) in [6.45, 7) is 6.75. The second-order valence-electron chi connectivity index (χ2n) is 7.87. The fraction of sp³-hybridized carbons (Fsp3) is 0.875. The first-order valence-electron chi connectivity index (χ1n) is 8.64. The Morgan fingerprint density at radius 2 is 1.96 bits per heavy atom. The molecule has 2 aliphatic rings. The predicted octanol–water partition coefficient (Wildman–Crippen LogP) is 1.92. The first-order chi connectivity index (χ1) is 11.4. The summed E-state index contributed by atoms with van der Waals surface area (Å²) in [5.74, 6) is -1.23. The first-order valence-corrected chi connectivity index (χ1v) is 10.2. The zero-order valence-corrected chi connectivity index (χ0v) is 15.8. The van der Waals surface area contributed by atoms with Crippen LogP contribution < -0.4 is 0 Å². The number of ether oxygens (including phenoxy) is 1. The van der Waals surface area contributed by atoms with Crippen LogP contribution in [0.2, 0.25) is 0 Å². The monoisotopic (exact) mass is 378 g/mol. The van der Waals surface area contributed by atoms with Crippen molar-refractivity contribution in [1.82, 2.24) is 9.80 Å². The summed E-state index contributed by atoms with van der Waals surface area (Å²) in [5.41, 5.74) is -0.557. The van der Waals surface area contributed by atoms with Crippen molar-refractivity contribution in [3.8, 4) is 0 Å². The topological polar surface area (TPSA) is 84.0 Å². The highest BCUT2D eigenvalue weighted by atomic mass is 32.3. The second-order valence-corrected chi connectivity index (χ2v) is 9.28. The summed E-state index contributed by atoms with van der Waals surface area (Å²) in [6.07, 6.45) is 1.79. The van der Waals surface area contributed by atoms with Crippen molar-refractivity contribution < 1.29 is 26.6 Å². The standard InChI is InChI=1S/C16H27FN2O5S/c1-16(2,3)24-15(21)18-7-4-5-13(6-8-18)19-10-12(9-14(19)20)11-25(17,22)23/h12-13H,4-11H2,1-3H3. The van der Waals surface area contributed by atoms with Gasteiger partial charge in [-0.1, -0.05) is 0 Å². The molecule has 25 heavy (non-hydrogen) atoms. The van der Waals surface area contributed by atoms with Crippen molar-refractivity contribution in [3.63, 3.8) is 0 Å². The van der Waals surface area contributed by atoms with Gasteiger partial charge in [-0.3, -0.25) is 4.79 Å². The normalized spacial score (nSPS) is 25.8. The molecule has 2 rings (SSSR count). The number of hydrogen-bond acceptors (Lipinski definition) is 5. The highest BCUT2D eigenvalue weighted by molar-refractivity contribution is 7.86. The van der Waals surface area contributed by atoms with Gasteiger partial charge in [-0.15, -0.1) is 3.89 Å². The van der Waals surface area contributed by atoms with Gasteiger partial charge >= 0.3 is 16.3 Å². The molecular formula is C16H27FN2O5S. The molecule has 0 bridgehead atoms. The van der Waals surface area contributed by atoms with Gasteiger partial charge in [0.1, 0.15) is 5.60 Å². The third-order valence-electron chi connectivity index (χ3n) is 4.46. The fourth-order valence-corrected chi connectivity index (χ4v) is 4.24. The van der Waals surface area contributed by atoms with Gasteiger partial charge in [0, 0.05) is 38.0 Å². The smallest absolute Gasteiger partial charge is 0.410 e. The summed E-state index contributed by atoms with van der Waals surface area (Å²) >= 11 is 0. The summed E-state index contributed by atoms with van der Waals surface area (Å²) in [4.78, 5) is 27.7. The van der Waals surface area contributed by atoms with Crippen molar-refractivity contribution in [2.75, 3.05) is 25.4 Å². The number of nitrogens with zero attached hydrogens (tertiary/aromatic N) is 2. The Kier molecular flexibility index (Phi) is 5.96. The molecule has 7 nitrogen and oxygen atoms in total. The van der Waals surface area contributed by atoms with E-state index in [0.29, 0.717) is 19.5 Å². The van der Waals surface area contributed by atoms with Gasteiger partial charge in [-0.2, -0.15) is 8.42 Å². The highest BCUT2D eigenvalue weighted by Gasteiger charge is 2.37. The molecule has 0 saturated carbocycles. The van der Waals surface area contributed by atoms with E-state index in [2.05, 4.69) is 0 Å². The maximum Gasteiger partial charge on any atom is 0.410 e. The average molecular weight is 378 g/mol. The Morgan fingerprint density at radius 1 is 1.28 bits per heavy atom. The lowest BCUT2D eigenvalue weighted by molar-refractivity contribution is -0.129. The lowest BCUT2D eigenvalue weighted by atomic mass is 10.1.